The summed E-state index contributed by atoms with van der Waals surface area (Å²) in [6.07, 6.45) is 0.370. The van der Waals surface area contributed by atoms with E-state index in [4.69, 9.17) is 0 Å². The highest BCUT2D eigenvalue weighted by Gasteiger charge is 2.28. The maximum Gasteiger partial charge on any atom is 0.228 e. The predicted molar refractivity (Wildman–Crippen MR) is 110 cm³/mol. The molecule has 2 heterocycles. The number of hydrogen-bond acceptors (Lipinski definition) is 4. The van der Waals surface area contributed by atoms with Crippen LogP contribution in [0.15, 0.2) is 66.0 Å². The van der Waals surface area contributed by atoms with Gasteiger partial charge in [-0.1, -0.05) is 60.7 Å². The molecule has 0 aliphatic carbocycles. The minimum atomic E-state index is 0.161. The summed E-state index contributed by atoms with van der Waals surface area (Å²) in [6.45, 7) is 2.39. The van der Waals surface area contributed by atoms with E-state index in [0.29, 0.717) is 6.42 Å². The van der Waals surface area contributed by atoms with Gasteiger partial charge in [0.1, 0.15) is 5.01 Å². The van der Waals surface area contributed by atoms with Crippen molar-refractivity contribution in [2.75, 3.05) is 26.7 Å². The van der Waals surface area contributed by atoms with Crippen molar-refractivity contribution in [1.82, 2.24) is 14.8 Å². The number of nitrogens with zero attached hydrogens (tertiary/aromatic N) is 3. The Morgan fingerprint density at radius 2 is 1.78 bits per heavy atom. The number of carbonyl (C=O) groups excluding carboxylic acids is 1. The van der Waals surface area contributed by atoms with Gasteiger partial charge in [0.2, 0.25) is 5.91 Å². The van der Waals surface area contributed by atoms with Crippen LogP contribution in [0, 0.1) is 0 Å². The van der Waals surface area contributed by atoms with Crippen molar-refractivity contribution >= 4 is 17.2 Å². The van der Waals surface area contributed by atoms with Crippen molar-refractivity contribution in [1.29, 1.82) is 0 Å². The Labute approximate surface area is 164 Å². The Bertz CT molecular complexity index is 894. The number of aromatic nitrogens is 1. The van der Waals surface area contributed by atoms with E-state index in [2.05, 4.69) is 53.3 Å². The fraction of sp³-hybridized carbons (Fsp3) is 0.273. The number of hydrogen-bond donors (Lipinski definition) is 0. The lowest BCUT2D eigenvalue weighted by Crippen LogP contribution is -2.49. The molecule has 1 atom stereocenters. The van der Waals surface area contributed by atoms with Gasteiger partial charge in [-0.2, -0.15) is 0 Å². The summed E-state index contributed by atoms with van der Waals surface area (Å²) in [7, 11) is 2.13. The molecule has 27 heavy (non-hydrogen) atoms. The van der Waals surface area contributed by atoms with E-state index < -0.39 is 0 Å². The Kier molecular flexibility index (Phi) is 5.32. The lowest BCUT2D eigenvalue weighted by Gasteiger charge is -2.39. The van der Waals surface area contributed by atoms with Crippen molar-refractivity contribution in [3.05, 3.63) is 77.3 Å². The van der Waals surface area contributed by atoms with Crippen LogP contribution in [0.25, 0.3) is 10.6 Å². The summed E-state index contributed by atoms with van der Waals surface area (Å²) in [5.41, 5.74) is 3.22. The van der Waals surface area contributed by atoms with Gasteiger partial charge in [0, 0.05) is 30.6 Å². The average Bonchev–Trinajstić information content (AvgIpc) is 3.18. The molecule has 1 aromatic heterocycles. The van der Waals surface area contributed by atoms with Crippen LogP contribution in [0.5, 0.6) is 0 Å². The van der Waals surface area contributed by atoms with Crippen LogP contribution in [-0.4, -0.2) is 47.4 Å². The van der Waals surface area contributed by atoms with Crippen LogP contribution < -0.4 is 0 Å². The first-order valence-electron chi connectivity index (χ1n) is 9.23. The Hall–Kier alpha value is -2.50. The van der Waals surface area contributed by atoms with E-state index >= 15 is 0 Å². The summed E-state index contributed by atoms with van der Waals surface area (Å²) in [4.78, 5) is 21.9. The van der Waals surface area contributed by atoms with Gasteiger partial charge in [0.15, 0.2) is 0 Å². The predicted octanol–water partition coefficient (Wildman–Crippen LogP) is 3.87. The highest BCUT2D eigenvalue weighted by atomic mass is 32.1. The summed E-state index contributed by atoms with van der Waals surface area (Å²) < 4.78 is 0. The number of benzene rings is 2. The van der Waals surface area contributed by atoms with Crippen LogP contribution in [0.3, 0.4) is 0 Å². The first kappa shape index (κ1) is 17.9. The molecule has 1 saturated heterocycles. The molecule has 0 spiro atoms. The fourth-order valence-corrected chi connectivity index (χ4v) is 4.33. The highest BCUT2D eigenvalue weighted by molar-refractivity contribution is 7.13. The van der Waals surface area contributed by atoms with Crippen LogP contribution >= 0.6 is 11.3 Å². The first-order valence-corrected chi connectivity index (χ1v) is 10.1. The van der Waals surface area contributed by atoms with Gasteiger partial charge >= 0.3 is 0 Å². The zero-order chi connectivity index (χ0) is 18.6. The maximum absolute atomic E-state index is 12.9. The number of piperazine rings is 1. The molecule has 4 nitrogen and oxygen atoms in total. The lowest BCUT2D eigenvalue weighted by atomic mass is 10.0. The molecule has 3 aromatic rings. The van der Waals surface area contributed by atoms with Crippen LogP contribution in [0.4, 0.5) is 0 Å². The molecule has 1 fully saturated rings. The zero-order valence-electron chi connectivity index (χ0n) is 15.4. The summed E-state index contributed by atoms with van der Waals surface area (Å²) in [5, 5.41) is 2.98. The number of thiazole rings is 1. The van der Waals surface area contributed by atoms with E-state index in [1.54, 1.807) is 11.3 Å². The molecule has 0 bridgehead atoms. The molecule has 1 aliphatic heterocycles. The summed E-state index contributed by atoms with van der Waals surface area (Å²) in [5.74, 6) is 0.161. The third-order valence-corrected chi connectivity index (χ3v) is 6.03. The number of likely N-dealkylation sites (N-methyl/N-ethyl adjacent to an activating group) is 1. The normalized spacial score (nSPS) is 17.8. The second kappa shape index (κ2) is 8.03. The van der Waals surface area contributed by atoms with Crippen molar-refractivity contribution in [2.24, 2.45) is 0 Å². The van der Waals surface area contributed by atoms with Gasteiger partial charge in [-0.15, -0.1) is 11.3 Å². The smallest absolute Gasteiger partial charge is 0.228 e. The standard InChI is InChI=1S/C22H23N3OS/c1-24-12-13-25(15-20(24)17-8-4-2-5-9-17)21(26)14-19-16-27-22(23-19)18-10-6-3-7-11-18/h2-11,16,20H,12-15H2,1H3. The van der Waals surface area contributed by atoms with Crippen molar-refractivity contribution in [2.45, 2.75) is 12.5 Å². The lowest BCUT2D eigenvalue weighted by molar-refractivity contribution is -0.133. The summed E-state index contributed by atoms with van der Waals surface area (Å²) >= 11 is 1.60. The molecule has 0 N–H and O–H groups in total. The monoisotopic (exact) mass is 377 g/mol. The Morgan fingerprint density at radius 1 is 1.07 bits per heavy atom. The third kappa shape index (κ3) is 4.10. The minimum absolute atomic E-state index is 0.161. The molecule has 138 valence electrons. The van der Waals surface area contributed by atoms with Gasteiger partial charge in [-0.05, 0) is 12.6 Å². The van der Waals surface area contributed by atoms with E-state index in [0.717, 1.165) is 35.9 Å². The van der Waals surface area contributed by atoms with E-state index in [-0.39, 0.29) is 11.9 Å². The van der Waals surface area contributed by atoms with Gasteiger partial charge in [0.25, 0.3) is 0 Å². The number of rotatable bonds is 4. The number of amides is 1. The molecule has 5 heteroatoms. The van der Waals surface area contributed by atoms with Crippen LogP contribution in [0.2, 0.25) is 0 Å². The van der Waals surface area contributed by atoms with Crippen molar-refractivity contribution in [3.8, 4) is 10.6 Å². The zero-order valence-corrected chi connectivity index (χ0v) is 16.2. The second-order valence-electron chi connectivity index (χ2n) is 6.93. The van der Waals surface area contributed by atoms with Crippen molar-refractivity contribution in [3.63, 3.8) is 0 Å². The largest absolute Gasteiger partial charge is 0.339 e. The fourth-order valence-electron chi connectivity index (χ4n) is 3.50. The van der Waals surface area contributed by atoms with Crippen LogP contribution in [0.1, 0.15) is 17.3 Å². The molecule has 2 aromatic carbocycles. The van der Waals surface area contributed by atoms with Crippen molar-refractivity contribution < 1.29 is 4.79 Å². The second-order valence-corrected chi connectivity index (χ2v) is 7.79. The van der Waals surface area contributed by atoms with E-state index in [9.17, 15) is 4.79 Å². The quantitative estimate of drug-likeness (QED) is 0.693. The van der Waals surface area contributed by atoms with E-state index in [1.807, 2.05) is 34.5 Å². The molecule has 1 amide bonds. The Balaban J connectivity index is 1.43. The molecular weight excluding hydrogens is 354 g/mol. The Morgan fingerprint density at radius 3 is 2.52 bits per heavy atom. The van der Waals surface area contributed by atoms with Crippen LogP contribution in [-0.2, 0) is 11.2 Å². The third-order valence-electron chi connectivity index (χ3n) is 5.09. The molecule has 4 rings (SSSR count). The van der Waals surface area contributed by atoms with Gasteiger partial charge in [-0.25, -0.2) is 4.98 Å². The first-order chi connectivity index (χ1) is 13.2. The molecule has 1 aliphatic rings. The topological polar surface area (TPSA) is 36.4 Å². The van der Waals surface area contributed by atoms with E-state index in [1.165, 1.54) is 5.56 Å². The summed E-state index contributed by atoms with van der Waals surface area (Å²) in [6, 6.07) is 20.8. The highest BCUT2D eigenvalue weighted by Crippen LogP contribution is 2.26. The molecule has 0 saturated carbocycles. The SMILES string of the molecule is CN1CCN(C(=O)Cc2csc(-c3ccccc3)n2)CC1c1ccccc1. The number of carbonyl (C=O) groups is 1. The molecule has 0 radical (unpaired) electrons. The van der Waals surface area contributed by atoms with Gasteiger partial charge in [-0.3, -0.25) is 9.69 Å². The minimum Gasteiger partial charge on any atom is -0.339 e. The van der Waals surface area contributed by atoms with Gasteiger partial charge < -0.3 is 4.90 Å². The maximum atomic E-state index is 12.9. The molecule has 1 unspecified atom stereocenters. The van der Waals surface area contributed by atoms with Gasteiger partial charge in [0.05, 0.1) is 18.2 Å². The molecular formula is C22H23N3OS. The average molecular weight is 378 g/mol.